The molecule has 1 amide bonds. The van der Waals surface area contributed by atoms with Gasteiger partial charge in [0.25, 0.3) is 11.5 Å². The summed E-state index contributed by atoms with van der Waals surface area (Å²) in [6.45, 7) is 8.02. The molecule has 2 heterocycles. The molecule has 1 fully saturated rings. The Bertz CT molecular complexity index is 520. The molecule has 1 saturated heterocycles. The maximum Gasteiger partial charge on any atom is 0.260 e. The molecule has 2 rings (SSSR count). The number of pyridine rings is 1. The van der Waals surface area contributed by atoms with Crippen molar-refractivity contribution in [1.29, 1.82) is 0 Å². The molecule has 0 aliphatic carbocycles. The lowest BCUT2D eigenvalue weighted by Gasteiger charge is -2.33. The third-order valence-corrected chi connectivity index (χ3v) is 3.84. The van der Waals surface area contributed by atoms with Gasteiger partial charge in [0, 0.05) is 45.5 Å². The Labute approximate surface area is 125 Å². The van der Waals surface area contributed by atoms with Crippen LogP contribution in [0.15, 0.2) is 23.1 Å². The molecule has 116 valence electrons. The smallest absolute Gasteiger partial charge is 0.260 e. The Morgan fingerprint density at radius 3 is 2.76 bits per heavy atom. The van der Waals surface area contributed by atoms with Gasteiger partial charge in [-0.2, -0.15) is 0 Å². The highest BCUT2D eigenvalue weighted by molar-refractivity contribution is 5.93. The van der Waals surface area contributed by atoms with Crippen molar-refractivity contribution in [2.24, 2.45) is 5.92 Å². The number of likely N-dealkylation sites (N-methyl/N-ethyl adjacent to an activating group) is 1. The van der Waals surface area contributed by atoms with Crippen LogP contribution in [0.3, 0.4) is 0 Å². The minimum Gasteiger partial charge on any atom is -0.352 e. The van der Waals surface area contributed by atoms with Gasteiger partial charge in [-0.05, 0) is 25.1 Å². The van der Waals surface area contributed by atoms with Gasteiger partial charge in [-0.25, -0.2) is 0 Å². The van der Waals surface area contributed by atoms with Crippen molar-refractivity contribution in [2.75, 3.05) is 46.3 Å². The molecule has 0 aromatic carbocycles. The van der Waals surface area contributed by atoms with Gasteiger partial charge in [-0.3, -0.25) is 9.59 Å². The second-order valence-electron chi connectivity index (χ2n) is 5.83. The molecule has 0 bridgehead atoms. The summed E-state index contributed by atoms with van der Waals surface area (Å²) in [4.78, 5) is 30.7. The fourth-order valence-corrected chi connectivity index (χ4v) is 2.50. The number of piperazine rings is 1. The maximum atomic E-state index is 12.0. The third kappa shape index (κ3) is 4.68. The molecule has 1 unspecified atom stereocenters. The minimum atomic E-state index is -0.346. The van der Waals surface area contributed by atoms with Crippen LogP contribution in [0.4, 0.5) is 0 Å². The summed E-state index contributed by atoms with van der Waals surface area (Å²) in [6, 6.07) is 3.20. The van der Waals surface area contributed by atoms with Crippen molar-refractivity contribution in [1.82, 2.24) is 20.1 Å². The second kappa shape index (κ2) is 7.38. The molecule has 0 spiro atoms. The number of aromatic amines is 1. The molecule has 21 heavy (non-hydrogen) atoms. The van der Waals surface area contributed by atoms with Gasteiger partial charge in [0.2, 0.25) is 0 Å². The van der Waals surface area contributed by atoms with Crippen molar-refractivity contribution < 1.29 is 4.79 Å². The van der Waals surface area contributed by atoms with E-state index in [-0.39, 0.29) is 17.0 Å². The van der Waals surface area contributed by atoms with Crippen LogP contribution in [-0.2, 0) is 0 Å². The SMILES string of the molecule is CC(CNC(=O)c1ccc[nH]c1=O)CN1CCN(C)CC1. The number of hydrogen-bond acceptors (Lipinski definition) is 4. The molecule has 6 heteroatoms. The molecule has 6 nitrogen and oxygen atoms in total. The normalized spacial score (nSPS) is 18.4. The van der Waals surface area contributed by atoms with Gasteiger partial charge >= 0.3 is 0 Å². The summed E-state index contributed by atoms with van der Waals surface area (Å²) >= 11 is 0. The Balaban J connectivity index is 1.76. The van der Waals surface area contributed by atoms with E-state index < -0.39 is 0 Å². The van der Waals surface area contributed by atoms with E-state index in [0.29, 0.717) is 12.5 Å². The molecule has 1 aromatic heterocycles. The van der Waals surface area contributed by atoms with Gasteiger partial charge < -0.3 is 20.1 Å². The Morgan fingerprint density at radius 1 is 1.38 bits per heavy atom. The summed E-state index contributed by atoms with van der Waals surface area (Å²) in [6.07, 6.45) is 1.52. The van der Waals surface area contributed by atoms with Gasteiger partial charge in [0.05, 0.1) is 0 Å². The van der Waals surface area contributed by atoms with Crippen LogP contribution < -0.4 is 10.9 Å². The molecule has 1 atom stereocenters. The van der Waals surface area contributed by atoms with E-state index in [9.17, 15) is 9.59 Å². The predicted octanol–water partition coefficient (Wildman–Crippen LogP) is -0.0118. The van der Waals surface area contributed by atoms with Crippen LogP contribution in [0, 0.1) is 5.92 Å². The summed E-state index contributed by atoms with van der Waals surface area (Å²) < 4.78 is 0. The van der Waals surface area contributed by atoms with Crippen LogP contribution in [0.2, 0.25) is 0 Å². The van der Waals surface area contributed by atoms with E-state index in [1.807, 2.05) is 0 Å². The zero-order valence-electron chi connectivity index (χ0n) is 12.8. The quantitative estimate of drug-likeness (QED) is 0.801. The summed E-state index contributed by atoms with van der Waals surface area (Å²) in [7, 11) is 2.14. The molecule has 1 aliphatic rings. The number of nitrogens with zero attached hydrogens (tertiary/aromatic N) is 2. The highest BCUT2D eigenvalue weighted by Crippen LogP contribution is 2.04. The highest BCUT2D eigenvalue weighted by atomic mass is 16.2. The monoisotopic (exact) mass is 292 g/mol. The topological polar surface area (TPSA) is 68.4 Å². The van der Waals surface area contributed by atoms with Crippen LogP contribution in [0.5, 0.6) is 0 Å². The first-order chi connectivity index (χ1) is 10.1. The lowest BCUT2D eigenvalue weighted by Crippen LogP contribution is -2.47. The summed E-state index contributed by atoms with van der Waals surface area (Å²) in [5.74, 6) is 0.0576. The van der Waals surface area contributed by atoms with E-state index in [2.05, 4.69) is 34.1 Å². The van der Waals surface area contributed by atoms with Crippen molar-refractivity contribution in [3.05, 3.63) is 34.2 Å². The Hall–Kier alpha value is -1.66. The van der Waals surface area contributed by atoms with Crippen LogP contribution in [0.1, 0.15) is 17.3 Å². The highest BCUT2D eigenvalue weighted by Gasteiger charge is 2.17. The fourth-order valence-electron chi connectivity index (χ4n) is 2.50. The number of carbonyl (C=O) groups excluding carboxylic acids is 1. The van der Waals surface area contributed by atoms with E-state index in [4.69, 9.17) is 0 Å². The van der Waals surface area contributed by atoms with Gasteiger partial charge in [-0.15, -0.1) is 0 Å². The van der Waals surface area contributed by atoms with E-state index >= 15 is 0 Å². The molecular formula is C15H24N4O2. The number of hydrogen-bond donors (Lipinski definition) is 2. The number of H-pyrrole nitrogens is 1. The largest absolute Gasteiger partial charge is 0.352 e. The molecule has 0 saturated carbocycles. The van der Waals surface area contributed by atoms with Crippen molar-refractivity contribution in [3.63, 3.8) is 0 Å². The van der Waals surface area contributed by atoms with Gasteiger partial charge in [-0.1, -0.05) is 6.92 Å². The molecular weight excluding hydrogens is 268 g/mol. The van der Waals surface area contributed by atoms with Gasteiger partial charge in [0.15, 0.2) is 0 Å². The molecule has 2 N–H and O–H groups in total. The first kappa shape index (κ1) is 15.7. The molecule has 1 aliphatic heterocycles. The number of carbonyl (C=O) groups is 1. The summed E-state index contributed by atoms with van der Waals surface area (Å²) in [5.41, 5.74) is -0.175. The lowest BCUT2D eigenvalue weighted by atomic mass is 10.1. The molecule has 1 aromatic rings. The minimum absolute atomic E-state index is 0.171. The van der Waals surface area contributed by atoms with Crippen molar-refractivity contribution in [2.45, 2.75) is 6.92 Å². The number of amides is 1. The number of aromatic nitrogens is 1. The van der Waals surface area contributed by atoms with Crippen LogP contribution in [-0.4, -0.2) is 67.0 Å². The fraction of sp³-hybridized carbons (Fsp3) is 0.600. The predicted molar refractivity (Wildman–Crippen MR) is 82.5 cm³/mol. The zero-order chi connectivity index (χ0) is 15.2. The average Bonchev–Trinajstić information content (AvgIpc) is 2.48. The zero-order valence-corrected chi connectivity index (χ0v) is 12.8. The maximum absolute atomic E-state index is 12.0. The summed E-state index contributed by atoms with van der Waals surface area (Å²) in [5, 5.41) is 2.84. The van der Waals surface area contributed by atoms with Gasteiger partial charge in [0.1, 0.15) is 5.56 Å². The van der Waals surface area contributed by atoms with Crippen LogP contribution in [0.25, 0.3) is 0 Å². The standard InChI is InChI=1S/C15H24N4O2/c1-12(11-19-8-6-18(2)7-9-19)10-17-15(21)13-4-3-5-16-14(13)20/h3-5,12H,6-11H2,1-2H3,(H,16,20)(H,17,21). The number of rotatable bonds is 5. The second-order valence-corrected chi connectivity index (χ2v) is 5.83. The van der Waals surface area contributed by atoms with Crippen molar-refractivity contribution >= 4 is 5.91 Å². The molecule has 0 radical (unpaired) electrons. The van der Waals surface area contributed by atoms with E-state index in [1.165, 1.54) is 6.20 Å². The first-order valence-electron chi connectivity index (χ1n) is 7.43. The van der Waals surface area contributed by atoms with E-state index in [0.717, 1.165) is 32.7 Å². The Morgan fingerprint density at radius 2 is 2.10 bits per heavy atom. The van der Waals surface area contributed by atoms with E-state index in [1.54, 1.807) is 12.1 Å². The Kier molecular flexibility index (Phi) is 5.52. The number of nitrogens with one attached hydrogen (secondary N) is 2. The van der Waals surface area contributed by atoms with Crippen molar-refractivity contribution in [3.8, 4) is 0 Å². The third-order valence-electron chi connectivity index (χ3n) is 3.84. The van der Waals surface area contributed by atoms with Crippen LogP contribution >= 0.6 is 0 Å². The first-order valence-corrected chi connectivity index (χ1v) is 7.43. The average molecular weight is 292 g/mol. The lowest BCUT2D eigenvalue weighted by molar-refractivity contribution is 0.0936.